The van der Waals surface area contributed by atoms with Gasteiger partial charge in [-0.25, -0.2) is 0 Å². The molecular weight excluding hydrogens is 300 g/mol. The van der Waals surface area contributed by atoms with Crippen molar-refractivity contribution < 1.29 is 14.0 Å². The number of benzene rings is 1. The van der Waals surface area contributed by atoms with Crippen LogP contribution in [0.5, 0.6) is 0 Å². The van der Waals surface area contributed by atoms with Crippen molar-refractivity contribution in [3.8, 4) is 0 Å². The highest BCUT2D eigenvalue weighted by molar-refractivity contribution is 8.00. The lowest BCUT2D eigenvalue weighted by Gasteiger charge is -2.05. The maximum Gasteiger partial charge on any atom is 0.293 e. The van der Waals surface area contributed by atoms with Crippen LogP contribution in [0.15, 0.2) is 45.9 Å². The van der Waals surface area contributed by atoms with Crippen LogP contribution in [0, 0.1) is 0 Å². The summed E-state index contributed by atoms with van der Waals surface area (Å²) in [5.74, 6) is -0.866. The molecule has 0 aliphatic rings. The smallest absolute Gasteiger partial charge is 0.293 e. The van der Waals surface area contributed by atoms with Gasteiger partial charge in [0, 0.05) is 10.6 Å². The fourth-order valence-corrected chi connectivity index (χ4v) is 2.47. The summed E-state index contributed by atoms with van der Waals surface area (Å²) in [5.41, 5.74) is 6.20. The summed E-state index contributed by atoms with van der Waals surface area (Å²) in [6.45, 7) is 0. The molecule has 2 amide bonds. The third-order valence-corrected chi connectivity index (χ3v) is 3.81. The fourth-order valence-electron chi connectivity index (χ4n) is 1.41. The number of rotatable bonds is 4. The van der Waals surface area contributed by atoms with Crippen molar-refractivity contribution in [2.75, 3.05) is 11.5 Å². The summed E-state index contributed by atoms with van der Waals surface area (Å²) in [6, 6.07) is 8.05. The van der Waals surface area contributed by atoms with E-state index in [1.807, 2.05) is 0 Å². The SMILES string of the molecule is Nc1ccc(Cl)c(SCC(=O)NC(=O)c2ccco2)c1. The van der Waals surface area contributed by atoms with Crippen molar-refractivity contribution in [2.45, 2.75) is 4.90 Å². The molecule has 0 saturated heterocycles. The van der Waals surface area contributed by atoms with Crippen molar-refractivity contribution in [2.24, 2.45) is 0 Å². The van der Waals surface area contributed by atoms with E-state index in [1.54, 1.807) is 24.3 Å². The zero-order valence-electron chi connectivity index (χ0n) is 10.3. The van der Waals surface area contributed by atoms with Gasteiger partial charge in [-0.05, 0) is 30.3 Å². The van der Waals surface area contributed by atoms with Crippen LogP contribution in [0.1, 0.15) is 10.6 Å². The molecule has 0 radical (unpaired) electrons. The number of anilines is 1. The monoisotopic (exact) mass is 310 g/mol. The van der Waals surface area contributed by atoms with Gasteiger partial charge in [0.15, 0.2) is 5.76 Å². The van der Waals surface area contributed by atoms with Gasteiger partial charge in [0.1, 0.15) is 0 Å². The first-order valence-electron chi connectivity index (χ1n) is 5.62. The molecule has 1 aromatic heterocycles. The zero-order valence-corrected chi connectivity index (χ0v) is 11.8. The first kappa shape index (κ1) is 14.5. The Balaban J connectivity index is 1.89. The average molecular weight is 311 g/mol. The number of imide groups is 1. The largest absolute Gasteiger partial charge is 0.459 e. The van der Waals surface area contributed by atoms with Gasteiger partial charge in [0.25, 0.3) is 5.91 Å². The van der Waals surface area contributed by atoms with Gasteiger partial charge in [0.2, 0.25) is 5.91 Å². The van der Waals surface area contributed by atoms with Gasteiger partial charge in [0.05, 0.1) is 17.0 Å². The van der Waals surface area contributed by atoms with Gasteiger partial charge < -0.3 is 10.2 Å². The molecule has 0 aliphatic heterocycles. The number of nitrogens with one attached hydrogen (secondary N) is 1. The molecule has 0 fully saturated rings. The Labute approximate surface area is 124 Å². The summed E-state index contributed by atoms with van der Waals surface area (Å²) in [7, 11) is 0. The summed E-state index contributed by atoms with van der Waals surface area (Å²) in [4.78, 5) is 23.9. The number of nitrogens with two attached hydrogens (primary N) is 1. The molecule has 1 heterocycles. The van der Waals surface area contributed by atoms with Crippen molar-refractivity contribution in [3.05, 3.63) is 47.4 Å². The van der Waals surface area contributed by atoms with Crippen molar-refractivity contribution >= 4 is 40.9 Å². The van der Waals surface area contributed by atoms with Crippen LogP contribution in [0.25, 0.3) is 0 Å². The van der Waals surface area contributed by atoms with Crippen LogP contribution in [0.2, 0.25) is 5.02 Å². The minimum atomic E-state index is -0.570. The van der Waals surface area contributed by atoms with E-state index in [0.29, 0.717) is 15.6 Å². The lowest BCUT2D eigenvalue weighted by molar-refractivity contribution is -0.117. The van der Waals surface area contributed by atoms with Crippen LogP contribution >= 0.6 is 23.4 Å². The van der Waals surface area contributed by atoms with Gasteiger partial charge in [-0.1, -0.05) is 11.6 Å². The molecule has 20 heavy (non-hydrogen) atoms. The molecule has 0 unspecified atom stereocenters. The van der Waals surface area contributed by atoms with E-state index >= 15 is 0 Å². The van der Waals surface area contributed by atoms with E-state index in [0.717, 1.165) is 0 Å². The number of hydrogen-bond acceptors (Lipinski definition) is 5. The second kappa shape index (κ2) is 6.49. The quantitative estimate of drug-likeness (QED) is 0.669. The number of thioether (sulfide) groups is 1. The molecule has 7 heteroatoms. The Morgan fingerprint density at radius 2 is 2.15 bits per heavy atom. The lowest BCUT2D eigenvalue weighted by Crippen LogP contribution is -2.31. The van der Waals surface area contributed by atoms with E-state index in [1.165, 1.54) is 24.1 Å². The molecule has 0 atom stereocenters. The van der Waals surface area contributed by atoms with Crippen molar-refractivity contribution in [3.63, 3.8) is 0 Å². The molecule has 2 rings (SSSR count). The predicted octanol–water partition coefficient (Wildman–Crippen LogP) is 2.56. The Morgan fingerprint density at radius 1 is 1.35 bits per heavy atom. The molecule has 5 nitrogen and oxygen atoms in total. The van der Waals surface area contributed by atoms with E-state index in [4.69, 9.17) is 21.8 Å². The summed E-state index contributed by atoms with van der Waals surface area (Å²) < 4.78 is 4.89. The van der Waals surface area contributed by atoms with Gasteiger partial charge in [-0.15, -0.1) is 11.8 Å². The summed E-state index contributed by atoms with van der Waals surface area (Å²) >= 11 is 7.18. The molecule has 0 spiro atoms. The van der Waals surface area contributed by atoms with Crippen LogP contribution in [-0.4, -0.2) is 17.6 Å². The second-order valence-corrected chi connectivity index (χ2v) is 5.26. The van der Waals surface area contributed by atoms with E-state index in [9.17, 15) is 9.59 Å². The third kappa shape index (κ3) is 3.79. The van der Waals surface area contributed by atoms with E-state index in [2.05, 4.69) is 5.32 Å². The Morgan fingerprint density at radius 3 is 2.85 bits per heavy atom. The highest BCUT2D eigenvalue weighted by Crippen LogP contribution is 2.28. The van der Waals surface area contributed by atoms with Gasteiger partial charge in [-0.3, -0.25) is 14.9 Å². The van der Waals surface area contributed by atoms with E-state index in [-0.39, 0.29) is 11.5 Å². The van der Waals surface area contributed by atoms with E-state index < -0.39 is 11.8 Å². The maximum atomic E-state index is 11.6. The Kier molecular flexibility index (Phi) is 4.70. The minimum absolute atomic E-state index is 0.0512. The Bertz CT molecular complexity index is 629. The van der Waals surface area contributed by atoms with Gasteiger partial charge >= 0.3 is 0 Å². The number of carbonyl (C=O) groups is 2. The topological polar surface area (TPSA) is 85.3 Å². The fraction of sp³-hybridized carbons (Fsp3) is 0.0769. The number of nitrogen functional groups attached to an aromatic ring is 1. The highest BCUT2D eigenvalue weighted by atomic mass is 35.5. The molecule has 0 saturated carbocycles. The molecular formula is C13H11ClN2O3S. The third-order valence-electron chi connectivity index (χ3n) is 2.31. The van der Waals surface area contributed by atoms with Crippen LogP contribution in [-0.2, 0) is 4.79 Å². The lowest BCUT2D eigenvalue weighted by atomic mass is 10.3. The predicted molar refractivity (Wildman–Crippen MR) is 77.8 cm³/mol. The maximum absolute atomic E-state index is 11.6. The van der Waals surface area contributed by atoms with Gasteiger partial charge in [-0.2, -0.15) is 0 Å². The summed E-state index contributed by atoms with van der Waals surface area (Å²) in [6.07, 6.45) is 1.36. The molecule has 0 bridgehead atoms. The van der Waals surface area contributed by atoms with Crippen LogP contribution in [0.3, 0.4) is 0 Å². The second-order valence-electron chi connectivity index (χ2n) is 3.83. The van der Waals surface area contributed by atoms with Crippen molar-refractivity contribution in [1.29, 1.82) is 0 Å². The molecule has 3 N–H and O–H groups in total. The standard InChI is InChI=1S/C13H11ClN2O3S/c14-9-4-3-8(15)6-11(9)20-7-12(17)16-13(18)10-2-1-5-19-10/h1-6H,7,15H2,(H,16,17,18). The Hall–Kier alpha value is -1.92. The number of carbonyl (C=O) groups excluding carboxylic acids is 2. The van der Waals surface area contributed by atoms with Crippen LogP contribution in [0.4, 0.5) is 5.69 Å². The molecule has 1 aromatic carbocycles. The number of amides is 2. The first-order chi connectivity index (χ1) is 9.56. The zero-order chi connectivity index (χ0) is 14.5. The minimum Gasteiger partial charge on any atom is -0.459 e. The number of furan rings is 1. The normalized spacial score (nSPS) is 10.2. The van der Waals surface area contributed by atoms with Crippen LogP contribution < -0.4 is 11.1 Å². The highest BCUT2D eigenvalue weighted by Gasteiger charge is 2.13. The average Bonchev–Trinajstić information content (AvgIpc) is 2.94. The van der Waals surface area contributed by atoms with Crippen molar-refractivity contribution in [1.82, 2.24) is 5.32 Å². The molecule has 0 aliphatic carbocycles. The molecule has 104 valence electrons. The number of halogens is 1. The summed E-state index contributed by atoms with van der Waals surface area (Å²) in [5, 5.41) is 2.73. The first-order valence-corrected chi connectivity index (χ1v) is 6.98. The molecule has 2 aromatic rings. The number of hydrogen-bond donors (Lipinski definition) is 2.